The highest BCUT2D eigenvalue weighted by Gasteiger charge is 2.44. The van der Waals surface area contributed by atoms with Crippen LogP contribution in [-0.4, -0.2) is 11.8 Å². The summed E-state index contributed by atoms with van der Waals surface area (Å²) >= 11 is 9.86. The van der Waals surface area contributed by atoms with Gasteiger partial charge in [0.15, 0.2) is 0 Å². The first-order valence-electron chi connectivity index (χ1n) is 11.3. The van der Waals surface area contributed by atoms with Crippen LogP contribution in [-0.2, 0) is 10.2 Å². The predicted octanol–water partition coefficient (Wildman–Crippen LogP) is 6.83. The van der Waals surface area contributed by atoms with Gasteiger partial charge in [0, 0.05) is 31.9 Å². The molecule has 3 aromatic rings. The van der Waals surface area contributed by atoms with Gasteiger partial charge >= 0.3 is 0 Å². The summed E-state index contributed by atoms with van der Waals surface area (Å²) < 4.78 is 14.7. The van der Waals surface area contributed by atoms with E-state index in [0.717, 1.165) is 36.8 Å². The molecule has 1 aliphatic heterocycles. The van der Waals surface area contributed by atoms with Gasteiger partial charge in [-0.2, -0.15) is 0 Å². The lowest BCUT2D eigenvalue weighted by molar-refractivity contribution is -0.121. The summed E-state index contributed by atoms with van der Waals surface area (Å²) in [7, 11) is 0. The standard InChI is InChI=1S/C27H23BrClFN2O2/c1-15-5-4-6-16(11-15)27(9-2-3-10-27)26(34)31-22-13-17(28)12-20-23(22)24(32-25(20)33)19-14-18(30)7-8-21(19)29/h4-8,11-14,24H,2-3,9-10H2,1H3,(H,31,34)(H,32,33). The van der Waals surface area contributed by atoms with Crippen LogP contribution >= 0.6 is 27.5 Å². The number of carbonyl (C=O) groups excluding carboxylic acids is 2. The Morgan fingerprint density at radius 2 is 1.91 bits per heavy atom. The smallest absolute Gasteiger partial charge is 0.252 e. The highest BCUT2D eigenvalue weighted by atomic mass is 79.9. The van der Waals surface area contributed by atoms with E-state index in [-0.39, 0.29) is 11.8 Å². The third-order valence-corrected chi connectivity index (χ3v) is 7.74. The number of fused-ring (bicyclic) bond motifs is 1. The fourth-order valence-corrected chi connectivity index (χ4v) is 5.96. The molecule has 0 saturated heterocycles. The Morgan fingerprint density at radius 1 is 1.15 bits per heavy atom. The van der Waals surface area contributed by atoms with Gasteiger partial charge in [0.1, 0.15) is 5.82 Å². The molecule has 0 spiro atoms. The number of anilines is 1. The lowest BCUT2D eigenvalue weighted by atomic mass is 9.77. The molecular formula is C27H23BrClFN2O2. The van der Waals surface area contributed by atoms with Crippen molar-refractivity contribution < 1.29 is 14.0 Å². The number of benzene rings is 3. The Labute approximate surface area is 211 Å². The molecule has 34 heavy (non-hydrogen) atoms. The number of carbonyl (C=O) groups is 2. The molecule has 4 nitrogen and oxygen atoms in total. The van der Waals surface area contributed by atoms with E-state index in [1.807, 2.05) is 25.1 Å². The molecule has 1 fully saturated rings. The number of halogens is 3. The second-order valence-corrected chi connectivity index (χ2v) is 10.4. The summed E-state index contributed by atoms with van der Waals surface area (Å²) in [5.41, 5.74) is 3.45. The van der Waals surface area contributed by atoms with Gasteiger partial charge in [-0.25, -0.2) is 4.39 Å². The molecule has 2 N–H and O–H groups in total. The van der Waals surface area contributed by atoms with E-state index in [1.54, 1.807) is 12.1 Å². The zero-order valence-electron chi connectivity index (χ0n) is 18.6. The van der Waals surface area contributed by atoms with Gasteiger partial charge in [-0.1, -0.05) is 70.2 Å². The number of hydrogen-bond acceptors (Lipinski definition) is 2. The molecule has 1 atom stereocenters. The molecule has 0 radical (unpaired) electrons. The second-order valence-electron chi connectivity index (χ2n) is 9.10. The van der Waals surface area contributed by atoms with Gasteiger partial charge in [-0.15, -0.1) is 0 Å². The van der Waals surface area contributed by atoms with Crippen molar-refractivity contribution in [3.63, 3.8) is 0 Å². The van der Waals surface area contributed by atoms with Gasteiger partial charge in [0.2, 0.25) is 5.91 Å². The van der Waals surface area contributed by atoms with Crippen LogP contribution in [0.3, 0.4) is 0 Å². The van der Waals surface area contributed by atoms with E-state index < -0.39 is 17.3 Å². The van der Waals surface area contributed by atoms with Crippen LogP contribution in [0.4, 0.5) is 10.1 Å². The van der Waals surface area contributed by atoms with Crippen molar-refractivity contribution >= 4 is 45.0 Å². The molecule has 0 bridgehead atoms. The molecule has 1 heterocycles. The molecule has 174 valence electrons. The van der Waals surface area contributed by atoms with Crippen molar-refractivity contribution in [2.45, 2.75) is 44.1 Å². The van der Waals surface area contributed by atoms with Crippen molar-refractivity contribution in [2.24, 2.45) is 0 Å². The van der Waals surface area contributed by atoms with Crippen LogP contribution in [0.2, 0.25) is 5.02 Å². The second kappa shape index (κ2) is 8.82. The van der Waals surface area contributed by atoms with Gasteiger partial charge in [-0.05, 0) is 55.7 Å². The Bertz CT molecular complexity index is 1320. The minimum Gasteiger partial charge on any atom is -0.341 e. The largest absolute Gasteiger partial charge is 0.341 e. The van der Waals surface area contributed by atoms with Crippen molar-refractivity contribution in [1.82, 2.24) is 5.32 Å². The quantitative estimate of drug-likeness (QED) is 0.380. The lowest BCUT2D eigenvalue weighted by Gasteiger charge is -2.29. The van der Waals surface area contributed by atoms with Crippen LogP contribution in [0, 0.1) is 12.7 Å². The molecule has 1 unspecified atom stereocenters. The van der Waals surface area contributed by atoms with Crippen molar-refractivity contribution in [3.05, 3.63) is 97.7 Å². The molecule has 1 aliphatic carbocycles. The maximum Gasteiger partial charge on any atom is 0.252 e. The Morgan fingerprint density at radius 3 is 2.65 bits per heavy atom. The van der Waals surface area contributed by atoms with Crippen molar-refractivity contribution in [2.75, 3.05) is 5.32 Å². The van der Waals surface area contributed by atoms with Crippen LogP contribution in [0.15, 0.2) is 59.1 Å². The molecule has 7 heteroatoms. The summed E-state index contributed by atoms with van der Waals surface area (Å²) in [5.74, 6) is -0.847. The molecule has 2 aliphatic rings. The first-order valence-corrected chi connectivity index (χ1v) is 12.4. The topological polar surface area (TPSA) is 58.2 Å². The Kier molecular flexibility index (Phi) is 5.98. The Hall–Kier alpha value is -2.70. The van der Waals surface area contributed by atoms with Gasteiger partial charge < -0.3 is 10.6 Å². The van der Waals surface area contributed by atoms with Crippen LogP contribution < -0.4 is 10.6 Å². The number of hydrogen-bond donors (Lipinski definition) is 2. The summed E-state index contributed by atoms with van der Waals surface area (Å²) in [6.07, 6.45) is 3.46. The van der Waals surface area contributed by atoms with Gasteiger partial charge in [0.25, 0.3) is 5.91 Å². The minimum atomic E-state index is -0.674. The van der Waals surface area contributed by atoms with Crippen LogP contribution in [0.5, 0.6) is 0 Å². The third kappa shape index (κ3) is 3.93. The van der Waals surface area contributed by atoms with Crippen LogP contribution in [0.25, 0.3) is 0 Å². The molecule has 3 aromatic carbocycles. The average molecular weight is 542 g/mol. The molecule has 1 saturated carbocycles. The van der Waals surface area contributed by atoms with E-state index in [9.17, 15) is 14.0 Å². The van der Waals surface area contributed by atoms with Gasteiger partial charge in [-0.3, -0.25) is 9.59 Å². The van der Waals surface area contributed by atoms with Crippen LogP contribution in [0.1, 0.15) is 64.3 Å². The van der Waals surface area contributed by atoms with E-state index in [1.165, 1.54) is 18.2 Å². The monoisotopic (exact) mass is 540 g/mol. The lowest BCUT2D eigenvalue weighted by Crippen LogP contribution is -2.38. The number of aryl methyl sites for hydroxylation is 1. The van der Waals surface area contributed by atoms with E-state index in [2.05, 4.69) is 32.6 Å². The fourth-order valence-electron chi connectivity index (χ4n) is 5.28. The highest BCUT2D eigenvalue weighted by molar-refractivity contribution is 9.10. The third-order valence-electron chi connectivity index (χ3n) is 6.93. The zero-order chi connectivity index (χ0) is 24.0. The summed E-state index contributed by atoms with van der Waals surface area (Å²) in [5, 5.41) is 6.38. The molecular weight excluding hydrogens is 519 g/mol. The SMILES string of the molecule is Cc1cccc(C2(C(=O)Nc3cc(Br)cc4c3C(c3cc(F)ccc3Cl)NC4=O)CCCC2)c1. The number of amides is 2. The summed E-state index contributed by atoms with van der Waals surface area (Å²) in [6, 6.07) is 15.0. The first-order chi connectivity index (χ1) is 16.3. The molecule has 0 aromatic heterocycles. The number of nitrogens with one attached hydrogen (secondary N) is 2. The number of rotatable bonds is 4. The maximum absolute atomic E-state index is 14.1. The zero-order valence-corrected chi connectivity index (χ0v) is 20.9. The summed E-state index contributed by atoms with van der Waals surface area (Å²) in [6.45, 7) is 2.02. The minimum absolute atomic E-state index is 0.0978. The van der Waals surface area contributed by atoms with E-state index in [0.29, 0.717) is 31.9 Å². The molecule has 2 amide bonds. The van der Waals surface area contributed by atoms with Crippen molar-refractivity contribution in [3.8, 4) is 0 Å². The maximum atomic E-state index is 14.1. The fraction of sp³-hybridized carbons (Fsp3) is 0.259. The highest BCUT2D eigenvalue weighted by Crippen LogP contribution is 2.45. The first kappa shape index (κ1) is 23.1. The summed E-state index contributed by atoms with van der Waals surface area (Å²) in [4.78, 5) is 26.7. The Balaban J connectivity index is 1.59. The predicted molar refractivity (Wildman–Crippen MR) is 135 cm³/mol. The van der Waals surface area contributed by atoms with Crippen molar-refractivity contribution in [1.29, 1.82) is 0 Å². The average Bonchev–Trinajstić information content (AvgIpc) is 3.42. The van der Waals surface area contributed by atoms with E-state index >= 15 is 0 Å². The van der Waals surface area contributed by atoms with Gasteiger partial charge in [0.05, 0.1) is 11.5 Å². The molecule has 5 rings (SSSR count). The normalized spacial score (nSPS) is 18.5. The van der Waals surface area contributed by atoms with E-state index in [4.69, 9.17) is 11.6 Å².